The third kappa shape index (κ3) is 4.21. The largest absolute Gasteiger partial charge is 0.496 e. The Morgan fingerprint density at radius 1 is 1.44 bits per heavy atom. The molecule has 1 N–H and O–H groups in total. The summed E-state index contributed by atoms with van der Waals surface area (Å²) in [6.45, 7) is -0.106. The summed E-state index contributed by atoms with van der Waals surface area (Å²) in [5.74, 6) is -1.36. The molecule has 0 fully saturated rings. The molecule has 0 spiro atoms. The van der Waals surface area contributed by atoms with Crippen molar-refractivity contribution in [1.29, 1.82) is 0 Å². The number of carbonyl (C=O) groups excluding carboxylic acids is 1. The van der Waals surface area contributed by atoms with E-state index < -0.39 is 12.1 Å². The molecule has 18 heavy (non-hydrogen) atoms. The lowest BCUT2D eigenvalue weighted by atomic mass is 10.1. The van der Waals surface area contributed by atoms with Gasteiger partial charge in [-0.15, -0.1) is 0 Å². The number of amides is 1. The Balaban J connectivity index is 2.59. The van der Waals surface area contributed by atoms with Crippen LogP contribution in [0.3, 0.4) is 0 Å². The van der Waals surface area contributed by atoms with Gasteiger partial charge in [-0.3, -0.25) is 4.79 Å². The molecule has 1 aromatic carbocycles. The van der Waals surface area contributed by atoms with E-state index in [2.05, 4.69) is 15.9 Å². The van der Waals surface area contributed by atoms with Crippen molar-refractivity contribution >= 4 is 21.8 Å². The van der Waals surface area contributed by atoms with Crippen molar-refractivity contribution in [1.82, 2.24) is 5.32 Å². The molecule has 0 aliphatic carbocycles. The van der Waals surface area contributed by atoms with E-state index in [0.29, 0.717) is 11.3 Å². The Kier molecular flexibility index (Phi) is 5.01. The Morgan fingerprint density at radius 3 is 2.67 bits per heavy atom. The minimum atomic E-state index is -4.85. The van der Waals surface area contributed by atoms with Gasteiger partial charge in [0, 0.05) is 11.0 Å². The van der Waals surface area contributed by atoms with E-state index in [9.17, 15) is 18.0 Å². The zero-order valence-electron chi connectivity index (χ0n) is 9.47. The molecule has 0 saturated heterocycles. The standard InChI is InChI=1S/C11H11BrF3NO2/c1-18-9-3-2-8(12)6-7(9)4-5-16-10(17)11(13,14)15/h2-3,6H,4-5H2,1H3,(H,16,17). The van der Waals surface area contributed by atoms with Gasteiger partial charge in [-0.05, 0) is 30.2 Å². The number of rotatable bonds is 4. The van der Waals surface area contributed by atoms with Gasteiger partial charge in [0.25, 0.3) is 0 Å². The second kappa shape index (κ2) is 6.08. The van der Waals surface area contributed by atoms with Crippen LogP contribution >= 0.6 is 15.9 Å². The molecule has 1 aromatic rings. The van der Waals surface area contributed by atoms with Crippen LogP contribution in [0.25, 0.3) is 0 Å². The first-order chi connectivity index (χ1) is 8.34. The van der Waals surface area contributed by atoms with E-state index in [4.69, 9.17) is 4.74 Å². The summed E-state index contributed by atoms with van der Waals surface area (Å²) in [4.78, 5) is 10.6. The van der Waals surface area contributed by atoms with Gasteiger partial charge < -0.3 is 10.1 Å². The fraction of sp³-hybridized carbons (Fsp3) is 0.364. The number of methoxy groups -OCH3 is 1. The molecule has 0 saturated carbocycles. The van der Waals surface area contributed by atoms with Crippen LogP contribution in [0.15, 0.2) is 22.7 Å². The average Bonchev–Trinajstić information content (AvgIpc) is 2.28. The fourth-order valence-electron chi connectivity index (χ4n) is 1.35. The van der Waals surface area contributed by atoms with E-state index >= 15 is 0 Å². The van der Waals surface area contributed by atoms with Crippen molar-refractivity contribution < 1.29 is 22.7 Å². The normalized spacial score (nSPS) is 11.2. The molecule has 0 aliphatic rings. The van der Waals surface area contributed by atoms with E-state index in [1.807, 2.05) is 5.32 Å². The van der Waals surface area contributed by atoms with Gasteiger partial charge in [0.1, 0.15) is 5.75 Å². The average molecular weight is 326 g/mol. The first-order valence-electron chi connectivity index (χ1n) is 5.02. The Morgan fingerprint density at radius 2 is 2.11 bits per heavy atom. The highest BCUT2D eigenvalue weighted by atomic mass is 79.9. The third-order valence-electron chi connectivity index (χ3n) is 2.18. The number of nitrogens with one attached hydrogen (secondary N) is 1. The van der Waals surface area contributed by atoms with E-state index in [0.717, 1.165) is 4.47 Å². The van der Waals surface area contributed by atoms with E-state index in [1.165, 1.54) is 7.11 Å². The first-order valence-corrected chi connectivity index (χ1v) is 5.81. The summed E-state index contributed by atoms with van der Waals surface area (Å²) in [7, 11) is 1.47. The maximum Gasteiger partial charge on any atom is 0.471 e. The van der Waals surface area contributed by atoms with Gasteiger partial charge in [0.15, 0.2) is 0 Å². The minimum Gasteiger partial charge on any atom is -0.496 e. The van der Waals surface area contributed by atoms with Gasteiger partial charge in [0.05, 0.1) is 7.11 Å². The highest BCUT2D eigenvalue weighted by molar-refractivity contribution is 9.10. The molecule has 0 aromatic heterocycles. The molecule has 7 heteroatoms. The third-order valence-corrected chi connectivity index (χ3v) is 2.67. The van der Waals surface area contributed by atoms with Gasteiger partial charge in [-0.1, -0.05) is 15.9 Å². The zero-order valence-corrected chi connectivity index (χ0v) is 11.1. The second-order valence-electron chi connectivity index (χ2n) is 3.46. The topological polar surface area (TPSA) is 38.3 Å². The second-order valence-corrected chi connectivity index (χ2v) is 4.38. The minimum absolute atomic E-state index is 0.106. The molecule has 0 bridgehead atoms. The number of carbonyl (C=O) groups is 1. The summed E-state index contributed by atoms with van der Waals surface area (Å²) in [6.07, 6.45) is -4.59. The number of alkyl halides is 3. The predicted octanol–water partition coefficient (Wildman–Crippen LogP) is 2.68. The van der Waals surface area contributed by atoms with Crippen molar-refractivity contribution in [3.8, 4) is 5.75 Å². The summed E-state index contributed by atoms with van der Waals surface area (Å²) >= 11 is 3.26. The number of halogens is 4. The first kappa shape index (κ1) is 14.8. The van der Waals surface area contributed by atoms with Crippen LogP contribution in [0.4, 0.5) is 13.2 Å². The van der Waals surface area contributed by atoms with Crippen LogP contribution in [0, 0.1) is 0 Å². The molecule has 0 atom stereocenters. The molecule has 3 nitrogen and oxygen atoms in total. The molecule has 0 heterocycles. The number of hydrogen-bond acceptors (Lipinski definition) is 2. The lowest BCUT2D eigenvalue weighted by Crippen LogP contribution is -2.37. The van der Waals surface area contributed by atoms with Crippen molar-refractivity contribution in [3.63, 3.8) is 0 Å². The van der Waals surface area contributed by atoms with Crippen LogP contribution in [0.1, 0.15) is 5.56 Å². The van der Waals surface area contributed by atoms with Gasteiger partial charge in [-0.2, -0.15) is 13.2 Å². The van der Waals surface area contributed by atoms with Gasteiger partial charge in [-0.25, -0.2) is 0 Å². The van der Waals surface area contributed by atoms with Crippen molar-refractivity contribution in [2.75, 3.05) is 13.7 Å². The Hall–Kier alpha value is -1.24. The lowest BCUT2D eigenvalue weighted by molar-refractivity contribution is -0.173. The maximum absolute atomic E-state index is 11.9. The number of hydrogen-bond donors (Lipinski definition) is 1. The molecular formula is C11H11BrF3NO2. The molecule has 1 rings (SSSR count). The SMILES string of the molecule is COc1ccc(Br)cc1CCNC(=O)C(F)(F)F. The van der Waals surface area contributed by atoms with Crippen molar-refractivity contribution in [3.05, 3.63) is 28.2 Å². The quantitative estimate of drug-likeness (QED) is 0.924. The Labute approximate surface area is 110 Å². The molecule has 0 aliphatic heterocycles. The van der Waals surface area contributed by atoms with Gasteiger partial charge >= 0.3 is 12.1 Å². The maximum atomic E-state index is 11.9. The fourth-order valence-corrected chi connectivity index (χ4v) is 1.76. The predicted molar refractivity (Wildman–Crippen MR) is 63.5 cm³/mol. The molecular weight excluding hydrogens is 315 g/mol. The summed E-state index contributed by atoms with van der Waals surface area (Å²) in [6, 6.07) is 5.19. The van der Waals surface area contributed by atoms with Crippen LogP contribution in [0.5, 0.6) is 5.75 Å². The smallest absolute Gasteiger partial charge is 0.471 e. The zero-order chi connectivity index (χ0) is 13.8. The molecule has 0 unspecified atom stereocenters. The highest BCUT2D eigenvalue weighted by Crippen LogP contribution is 2.23. The van der Waals surface area contributed by atoms with E-state index in [1.54, 1.807) is 18.2 Å². The lowest BCUT2D eigenvalue weighted by Gasteiger charge is -2.10. The monoisotopic (exact) mass is 325 g/mol. The number of ether oxygens (including phenoxy) is 1. The number of benzene rings is 1. The molecule has 100 valence electrons. The van der Waals surface area contributed by atoms with Crippen molar-refractivity contribution in [2.24, 2.45) is 0 Å². The Bertz CT molecular complexity index is 435. The molecule has 0 radical (unpaired) electrons. The highest BCUT2D eigenvalue weighted by Gasteiger charge is 2.38. The van der Waals surface area contributed by atoms with Crippen LogP contribution < -0.4 is 10.1 Å². The van der Waals surface area contributed by atoms with Crippen molar-refractivity contribution in [2.45, 2.75) is 12.6 Å². The van der Waals surface area contributed by atoms with Crippen LogP contribution in [-0.2, 0) is 11.2 Å². The summed E-state index contributed by atoms with van der Waals surface area (Å²) < 4.78 is 41.7. The summed E-state index contributed by atoms with van der Waals surface area (Å²) in [5, 5.41) is 1.81. The van der Waals surface area contributed by atoms with E-state index in [-0.39, 0.29) is 13.0 Å². The van der Waals surface area contributed by atoms with Crippen LogP contribution in [0.2, 0.25) is 0 Å². The van der Waals surface area contributed by atoms with Gasteiger partial charge in [0.2, 0.25) is 0 Å². The van der Waals surface area contributed by atoms with Crippen LogP contribution in [-0.4, -0.2) is 25.7 Å². The molecule has 1 amide bonds. The summed E-state index contributed by atoms with van der Waals surface area (Å²) in [5.41, 5.74) is 0.717.